The number of hydrogen-bond acceptors (Lipinski definition) is 5. The SMILES string of the molecule is COC(=O)c1cn(-c2[nH]ncc2Br)nn1. The molecular weight excluding hydrogens is 266 g/mol. The quantitative estimate of drug-likeness (QED) is 0.806. The summed E-state index contributed by atoms with van der Waals surface area (Å²) < 4.78 is 6.62. The van der Waals surface area contributed by atoms with Crippen molar-refractivity contribution in [3.8, 4) is 5.82 Å². The number of methoxy groups -OCH3 is 1. The first-order valence-electron chi connectivity index (χ1n) is 3.92. The van der Waals surface area contributed by atoms with E-state index in [1.165, 1.54) is 18.0 Å². The van der Waals surface area contributed by atoms with E-state index in [0.29, 0.717) is 5.82 Å². The lowest BCUT2D eigenvalue weighted by atomic mass is 10.5. The zero-order valence-corrected chi connectivity index (χ0v) is 9.22. The Labute approximate surface area is 92.6 Å². The molecular formula is C7H6BrN5O2. The molecule has 2 aromatic heterocycles. The fraction of sp³-hybridized carbons (Fsp3) is 0.143. The van der Waals surface area contributed by atoms with Crippen molar-refractivity contribution in [3.63, 3.8) is 0 Å². The van der Waals surface area contributed by atoms with Gasteiger partial charge in [-0.1, -0.05) is 5.21 Å². The van der Waals surface area contributed by atoms with Gasteiger partial charge in [0.2, 0.25) is 0 Å². The van der Waals surface area contributed by atoms with Crippen LogP contribution < -0.4 is 0 Å². The van der Waals surface area contributed by atoms with Crippen LogP contribution in [0.4, 0.5) is 0 Å². The van der Waals surface area contributed by atoms with Crippen LogP contribution in [0, 0.1) is 0 Å². The Balaban J connectivity index is 2.36. The summed E-state index contributed by atoms with van der Waals surface area (Å²) in [4.78, 5) is 11.1. The Morgan fingerprint density at radius 3 is 3.07 bits per heavy atom. The Morgan fingerprint density at radius 2 is 2.47 bits per heavy atom. The Bertz CT molecular complexity index is 491. The highest BCUT2D eigenvalue weighted by atomic mass is 79.9. The van der Waals surface area contributed by atoms with E-state index in [1.807, 2.05) is 0 Å². The molecule has 0 spiro atoms. The first-order valence-corrected chi connectivity index (χ1v) is 4.71. The summed E-state index contributed by atoms with van der Waals surface area (Å²) in [5.41, 5.74) is 0.138. The van der Waals surface area contributed by atoms with E-state index in [-0.39, 0.29) is 5.69 Å². The van der Waals surface area contributed by atoms with Crippen molar-refractivity contribution in [1.82, 2.24) is 25.2 Å². The molecule has 2 aromatic rings. The number of halogens is 1. The number of H-pyrrole nitrogens is 1. The lowest BCUT2D eigenvalue weighted by molar-refractivity contribution is 0.0594. The third-order valence-corrected chi connectivity index (χ3v) is 2.27. The van der Waals surface area contributed by atoms with Gasteiger partial charge in [0.1, 0.15) is 0 Å². The van der Waals surface area contributed by atoms with Crippen molar-refractivity contribution >= 4 is 21.9 Å². The van der Waals surface area contributed by atoms with Crippen LogP contribution in [-0.4, -0.2) is 38.3 Å². The number of nitrogens with one attached hydrogen (secondary N) is 1. The molecule has 0 fully saturated rings. The Hall–Kier alpha value is -1.70. The number of ether oxygens (including phenoxy) is 1. The van der Waals surface area contributed by atoms with Crippen LogP contribution in [0.25, 0.3) is 5.82 Å². The highest BCUT2D eigenvalue weighted by Crippen LogP contribution is 2.16. The van der Waals surface area contributed by atoms with Gasteiger partial charge in [0.05, 0.1) is 24.0 Å². The topological polar surface area (TPSA) is 85.7 Å². The maximum Gasteiger partial charge on any atom is 0.360 e. The van der Waals surface area contributed by atoms with E-state index in [2.05, 4.69) is 41.2 Å². The van der Waals surface area contributed by atoms with Gasteiger partial charge in [-0.3, -0.25) is 5.10 Å². The first kappa shape index (κ1) is 9.84. The van der Waals surface area contributed by atoms with Crippen LogP contribution in [-0.2, 0) is 4.74 Å². The van der Waals surface area contributed by atoms with Crippen molar-refractivity contribution in [2.45, 2.75) is 0 Å². The van der Waals surface area contributed by atoms with Crippen molar-refractivity contribution < 1.29 is 9.53 Å². The monoisotopic (exact) mass is 271 g/mol. The molecule has 0 aliphatic rings. The maximum atomic E-state index is 11.1. The molecule has 8 heteroatoms. The second-order valence-corrected chi connectivity index (χ2v) is 3.46. The predicted molar refractivity (Wildman–Crippen MR) is 52.5 cm³/mol. The summed E-state index contributed by atoms with van der Waals surface area (Å²) >= 11 is 3.27. The van der Waals surface area contributed by atoms with Gasteiger partial charge in [-0.05, 0) is 15.9 Å². The molecule has 78 valence electrons. The molecule has 15 heavy (non-hydrogen) atoms. The normalized spacial score (nSPS) is 10.3. The second-order valence-electron chi connectivity index (χ2n) is 2.61. The number of esters is 1. The smallest absolute Gasteiger partial charge is 0.360 e. The molecule has 0 saturated heterocycles. The first-order chi connectivity index (χ1) is 7.22. The second kappa shape index (κ2) is 3.81. The number of aromatic amines is 1. The van der Waals surface area contributed by atoms with E-state index < -0.39 is 5.97 Å². The van der Waals surface area contributed by atoms with Crippen LogP contribution in [0.1, 0.15) is 10.5 Å². The number of carbonyl (C=O) groups is 1. The van der Waals surface area contributed by atoms with Gasteiger partial charge in [0.25, 0.3) is 0 Å². The van der Waals surface area contributed by atoms with Crippen molar-refractivity contribution in [2.24, 2.45) is 0 Å². The van der Waals surface area contributed by atoms with Gasteiger partial charge < -0.3 is 4.74 Å². The molecule has 2 heterocycles. The number of aromatic nitrogens is 5. The molecule has 0 atom stereocenters. The van der Waals surface area contributed by atoms with Gasteiger partial charge in [-0.25, -0.2) is 9.48 Å². The minimum atomic E-state index is -0.531. The average Bonchev–Trinajstić information content (AvgIpc) is 2.84. The zero-order chi connectivity index (χ0) is 10.8. The molecule has 0 saturated carbocycles. The summed E-state index contributed by atoms with van der Waals surface area (Å²) in [6, 6.07) is 0. The van der Waals surface area contributed by atoms with E-state index >= 15 is 0 Å². The van der Waals surface area contributed by atoms with Crippen molar-refractivity contribution in [3.05, 3.63) is 22.6 Å². The van der Waals surface area contributed by atoms with E-state index in [0.717, 1.165) is 4.47 Å². The molecule has 1 N–H and O–H groups in total. The number of rotatable bonds is 2. The minimum Gasteiger partial charge on any atom is -0.464 e. The van der Waals surface area contributed by atoms with Gasteiger partial charge >= 0.3 is 5.97 Å². The Kier molecular flexibility index (Phi) is 2.50. The average molecular weight is 272 g/mol. The van der Waals surface area contributed by atoms with Crippen molar-refractivity contribution in [1.29, 1.82) is 0 Å². The summed E-state index contributed by atoms with van der Waals surface area (Å²) in [5.74, 6) is 0.0644. The summed E-state index contributed by atoms with van der Waals surface area (Å²) in [6.45, 7) is 0. The molecule has 0 aliphatic heterocycles. The highest BCUT2D eigenvalue weighted by Gasteiger charge is 2.13. The zero-order valence-electron chi connectivity index (χ0n) is 7.64. The molecule has 7 nitrogen and oxygen atoms in total. The fourth-order valence-electron chi connectivity index (χ4n) is 0.996. The third-order valence-electron chi connectivity index (χ3n) is 1.69. The molecule has 0 aromatic carbocycles. The molecule has 0 bridgehead atoms. The Morgan fingerprint density at radius 1 is 1.67 bits per heavy atom. The van der Waals surface area contributed by atoms with E-state index in [4.69, 9.17) is 0 Å². The minimum absolute atomic E-state index is 0.138. The summed E-state index contributed by atoms with van der Waals surface area (Å²) in [5, 5.41) is 13.9. The summed E-state index contributed by atoms with van der Waals surface area (Å²) in [7, 11) is 1.29. The van der Waals surface area contributed by atoms with Gasteiger partial charge in [0.15, 0.2) is 11.5 Å². The lowest BCUT2D eigenvalue weighted by Crippen LogP contribution is -2.01. The molecule has 2 rings (SSSR count). The van der Waals surface area contributed by atoms with Crippen LogP contribution in [0.15, 0.2) is 16.9 Å². The van der Waals surface area contributed by atoms with E-state index in [1.54, 1.807) is 6.20 Å². The lowest BCUT2D eigenvalue weighted by Gasteiger charge is -1.94. The van der Waals surface area contributed by atoms with E-state index in [9.17, 15) is 4.79 Å². The van der Waals surface area contributed by atoms with Gasteiger partial charge in [-0.2, -0.15) is 5.10 Å². The highest BCUT2D eigenvalue weighted by molar-refractivity contribution is 9.10. The van der Waals surface area contributed by atoms with Crippen LogP contribution in [0.3, 0.4) is 0 Å². The fourth-order valence-corrected chi connectivity index (χ4v) is 1.37. The predicted octanol–water partition coefficient (Wildman–Crippen LogP) is 0.539. The maximum absolute atomic E-state index is 11.1. The number of hydrogen-bond donors (Lipinski definition) is 1. The standard InChI is InChI=1S/C7H6BrN5O2/c1-15-7(14)5-3-13(12-10-5)6-4(8)2-9-11-6/h2-3H,1H3,(H,9,11). The van der Waals surface area contributed by atoms with Crippen molar-refractivity contribution in [2.75, 3.05) is 7.11 Å². The van der Waals surface area contributed by atoms with Gasteiger partial charge in [0, 0.05) is 0 Å². The molecule has 0 amide bonds. The largest absolute Gasteiger partial charge is 0.464 e. The van der Waals surface area contributed by atoms with Crippen LogP contribution in [0.2, 0.25) is 0 Å². The molecule has 0 aliphatic carbocycles. The molecule has 0 radical (unpaired) electrons. The third kappa shape index (κ3) is 1.75. The number of carbonyl (C=O) groups excluding carboxylic acids is 1. The van der Waals surface area contributed by atoms with Crippen LogP contribution in [0.5, 0.6) is 0 Å². The van der Waals surface area contributed by atoms with Crippen LogP contribution >= 0.6 is 15.9 Å². The number of nitrogens with zero attached hydrogens (tertiary/aromatic N) is 4. The summed E-state index contributed by atoms with van der Waals surface area (Å²) in [6.07, 6.45) is 3.03. The molecule has 0 unspecified atom stereocenters. The van der Waals surface area contributed by atoms with Gasteiger partial charge in [-0.15, -0.1) is 5.10 Å².